The van der Waals surface area contributed by atoms with Crippen LogP contribution in [0, 0.1) is 0 Å². The van der Waals surface area contributed by atoms with E-state index < -0.39 is 23.5 Å². The first-order valence-corrected chi connectivity index (χ1v) is 5.70. The number of hydrogen-bond donors (Lipinski definition) is 0. The molecule has 0 saturated heterocycles. The van der Waals surface area contributed by atoms with Gasteiger partial charge in [-0.15, -0.1) is 0 Å². The van der Waals surface area contributed by atoms with Crippen molar-refractivity contribution in [1.29, 1.82) is 0 Å². The summed E-state index contributed by atoms with van der Waals surface area (Å²) in [6.07, 6.45) is -4.51. The predicted octanol–water partition coefficient (Wildman–Crippen LogP) is 2.77. The first-order valence-electron chi connectivity index (χ1n) is 5.70. The SMILES string of the molecule is CCOC(=O)C(=O)CCc1cccc(C(F)(F)F)c1. The summed E-state index contributed by atoms with van der Waals surface area (Å²) in [5, 5.41) is 0. The number of esters is 1. The Hall–Kier alpha value is -1.85. The van der Waals surface area contributed by atoms with Crippen LogP contribution in [0.4, 0.5) is 13.2 Å². The van der Waals surface area contributed by atoms with Gasteiger partial charge in [-0.1, -0.05) is 18.2 Å². The number of halogens is 3. The highest BCUT2D eigenvalue weighted by molar-refractivity contribution is 6.33. The summed E-state index contributed by atoms with van der Waals surface area (Å²) in [7, 11) is 0. The number of carbonyl (C=O) groups is 2. The summed E-state index contributed by atoms with van der Waals surface area (Å²) in [6, 6.07) is 4.68. The van der Waals surface area contributed by atoms with Crippen molar-refractivity contribution in [2.24, 2.45) is 0 Å². The number of ether oxygens (including phenoxy) is 1. The molecule has 104 valence electrons. The molecule has 0 saturated carbocycles. The second-order valence-corrected chi connectivity index (χ2v) is 3.84. The van der Waals surface area contributed by atoms with E-state index in [-0.39, 0.29) is 19.4 Å². The molecule has 0 unspecified atom stereocenters. The molecule has 0 bridgehead atoms. The lowest BCUT2D eigenvalue weighted by Gasteiger charge is -2.08. The fraction of sp³-hybridized carbons (Fsp3) is 0.385. The summed E-state index contributed by atoms with van der Waals surface area (Å²) in [6.45, 7) is 1.66. The summed E-state index contributed by atoms with van der Waals surface area (Å²) >= 11 is 0. The van der Waals surface area contributed by atoms with Crippen LogP contribution in [0.2, 0.25) is 0 Å². The number of hydrogen-bond acceptors (Lipinski definition) is 3. The van der Waals surface area contributed by atoms with E-state index >= 15 is 0 Å². The highest BCUT2D eigenvalue weighted by Gasteiger charge is 2.30. The second-order valence-electron chi connectivity index (χ2n) is 3.84. The molecule has 1 aromatic carbocycles. The maximum Gasteiger partial charge on any atom is 0.416 e. The molecular formula is C13H13F3O3. The van der Waals surface area contributed by atoms with E-state index in [1.54, 1.807) is 6.92 Å². The quantitative estimate of drug-likeness (QED) is 0.612. The van der Waals surface area contributed by atoms with Crippen LogP contribution in [0.25, 0.3) is 0 Å². The molecule has 0 fully saturated rings. The largest absolute Gasteiger partial charge is 0.460 e. The molecule has 0 aliphatic rings. The van der Waals surface area contributed by atoms with E-state index in [0.717, 1.165) is 12.1 Å². The smallest absolute Gasteiger partial charge is 0.416 e. The Labute approximate surface area is 108 Å². The molecule has 1 rings (SSSR count). The van der Waals surface area contributed by atoms with E-state index in [4.69, 9.17) is 0 Å². The van der Waals surface area contributed by atoms with Gasteiger partial charge >= 0.3 is 12.1 Å². The van der Waals surface area contributed by atoms with Crippen molar-refractivity contribution >= 4 is 11.8 Å². The number of alkyl halides is 3. The maximum absolute atomic E-state index is 12.5. The zero-order valence-electron chi connectivity index (χ0n) is 10.3. The third-order valence-corrected chi connectivity index (χ3v) is 2.40. The number of aryl methyl sites for hydroxylation is 1. The number of benzene rings is 1. The van der Waals surface area contributed by atoms with Crippen LogP contribution in [0.3, 0.4) is 0 Å². The summed E-state index contributed by atoms with van der Waals surface area (Å²) in [4.78, 5) is 22.3. The highest BCUT2D eigenvalue weighted by atomic mass is 19.4. The van der Waals surface area contributed by atoms with Gasteiger partial charge in [-0.2, -0.15) is 13.2 Å². The topological polar surface area (TPSA) is 43.4 Å². The molecule has 0 spiro atoms. The molecular weight excluding hydrogens is 261 g/mol. The minimum absolute atomic E-state index is 0.0710. The molecule has 1 aromatic rings. The van der Waals surface area contributed by atoms with E-state index in [0.29, 0.717) is 5.56 Å². The van der Waals surface area contributed by atoms with Crippen LogP contribution in [0.15, 0.2) is 24.3 Å². The van der Waals surface area contributed by atoms with Crippen LogP contribution in [0.1, 0.15) is 24.5 Å². The molecule has 0 aliphatic heterocycles. The number of Topliss-reactive ketones (excluding diaryl/α,β-unsaturated/α-hetero) is 1. The van der Waals surface area contributed by atoms with Crippen molar-refractivity contribution in [2.75, 3.05) is 6.61 Å². The van der Waals surface area contributed by atoms with Crippen LogP contribution >= 0.6 is 0 Å². The van der Waals surface area contributed by atoms with Gasteiger partial charge in [-0.3, -0.25) is 4.79 Å². The van der Waals surface area contributed by atoms with Crippen molar-refractivity contribution in [3.8, 4) is 0 Å². The first kappa shape index (κ1) is 15.2. The summed E-state index contributed by atoms with van der Waals surface area (Å²) < 4.78 is 41.9. The van der Waals surface area contributed by atoms with Crippen LogP contribution in [-0.2, 0) is 26.9 Å². The van der Waals surface area contributed by atoms with Crippen LogP contribution < -0.4 is 0 Å². The van der Waals surface area contributed by atoms with E-state index in [1.807, 2.05) is 0 Å². The van der Waals surface area contributed by atoms with E-state index in [1.165, 1.54) is 12.1 Å². The lowest BCUT2D eigenvalue weighted by atomic mass is 10.0. The highest BCUT2D eigenvalue weighted by Crippen LogP contribution is 2.29. The van der Waals surface area contributed by atoms with Crippen molar-refractivity contribution < 1.29 is 27.5 Å². The fourth-order valence-electron chi connectivity index (χ4n) is 1.47. The third kappa shape index (κ3) is 4.73. The van der Waals surface area contributed by atoms with Crippen LogP contribution in [-0.4, -0.2) is 18.4 Å². The molecule has 3 nitrogen and oxygen atoms in total. The molecule has 19 heavy (non-hydrogen) atoms. The molecule has 0 N–H and O–H groups in total. The lowest BCUT2D eigenvalue weighted by Crippen LogP contribution is -2.17. The predicted molar refractivity (Wildman–Crippen MR) is 61.4 cm³/mol. The number of carbonyl (C=O) groups excluding carboxylic acids is 2. The molecule has 0 aromatic heterocycles. The molecule has 0 aliphatic carbocycles. The molecule has 0 amide bonds. The second kappa shape index (κ2) is 6.36. The normalized spacial score (nSPS) is 11.2. The molecule has 0 heterocycles. The Morgan fingerprint density at radius 1 is 1.26 bits per heavy atom. The van der Waals surface area contributed by atoms with E-state index in [9.17, 15) is 22.8 Å². The maximum atomic E-state index is 12.5. The van der Waals surface area contributed by atoms with Gasteiger partial charge < -0.3 is 4.74 Å². The first-order chi connectivity index (χ1) is 8.84. The Morgan fingerprint density at radius 2 is 1.95 bits per heavy atom. The summed E-state index contributed by atoms with van der Waals surface area (Å²) in [5.41, 5.74) is -0.416. The Bertz CT molecular complexity index is 466. The average Bonchev–Trinajstić information content (AvgIpc) is 2.35. The lowest BCUT2D eigenvalue weighted by molar-refractivity contribution is -0.153. The van der Waals surface area contributed by atoms with Crippen molar-refractivity contribution in [3.05, 3.63) is 35.4 Å². The van der Waals surface area contributed by atoms with Crippen molar-refractivity contribution in [2.45, 2.75) is 25.9 Å². The van der Waals surface area contributed by atoms with Crippen LogP contribution in [0.5, 0.6) is 0 Å². The van der Waals surface area contributed by atoms with Gasteiger partial charge in [0, 0.05) is 6.42 Å². The van der Waals surface area contributed by atoms with Gasteiger partial charge in [0.25, 0.3) is 0 Å². The average molecular weight is 274 g/mol. The monoisotopic (exact) mass is 274 g/mol. The van der Waals surface area contributed by atoms with E-state index in [2.05, 4.69) is 4.74 Å². The minimum atomic E-state index is -4.42. The third-order valence-electron chi connectivity index (χ3n) is 2.40. The Kier molecular flexibility index (Phi) is 5.09. The zero-order valence-corrected chi connectivity index (χ0v) is 10.3. The Balaban J connectivity index is 2.64. The van der Waals surface area contributed by atoms with Crippen molar-refractivity contribution in [3.63, 3.8) is 0 Å². The molecule has 6 heteroatoms. The van der Waals surface area contributed by atoms with Gasteiger partial charge in [0.15, 0.2) is 0 Å². The van der Waals surface area contributed by atoms with Gasteiger partial charge in [0.2, 0.25) is 5.78 Å². The van der Waals surface area contributed by atoms with Gasteiger partial charge in [0.05, 0.1) is 12.2 Å². The molecule has 0 radical (unpaired) electrons. The Morgan fingerprint density at radius 3 is 2.53 bits per heavy atom. The fourth-order valence-corrected chi connectivity index (χ4v) is 1.47. The minimum Gasteiger partial charge on any atom is -0.460 e. The number of ketones is 1. The van der Waals surface area contributed by atoms with Crippen molar-refractivity contribution in [1.82, 2.24) is 0 Å². The van der Waals surface area contributed by atoms with Gasteiger partial charge in [-0.05, 0) is 25.0 Å². The molecule has 0 atom stereocenters. The summed E-state index contributed by atoms with van der Waals surface area (Å²) in [5.74, 6) is -1.69. The van der Waals surface area contributed by atoms with Gasteiger partial charge in [-0.25, -0.2) is 4.79 Å². The standard InChI is InChI=1S/C13H13F3O3/c1-2-19-12(18)11(17)7-6-9-4-3-5-10(8-9)13(14,15)16/h3-5,8H,2,6-7H2,1H3. The zero-order chi connectivity index (χ0) is 14.5. The number of rotatable bonds is 5. The van der Waals surface area contributed by atoms with Gasteiger partial charge in [0.1, 0.15) is 0 Å².